The van der Waals surface area contributed by atoms with Gasteiger partial charge in [-0.05, 0) is 31.4 Å². The normalized spacial score (nSPS) is 11.9. The van der Waals surface area contributed by atoms with Crippen molar-refractivity contribution in [3.8, 4) is 0 Å². The molecule has 0 heterocycles. The average molecular weight is 304 g/mol. The van der Waals surface area contributed by atoms with Crippen LogP contribution in [0.15, 0.2) is 11.0 Å². The molecule has 112 valence electrons. The highest BCUT2D eigenvalue weighted by Gasteiger charge is 2.29. The summed E-state index contributed by atoms with van der Waals surface area (Å²) in [5, 5.41) is 10.8. The fourth-order valence-corrected chi connectivity index (χ4v) is 3.57. The van der Waals surface area contributed by atoms with Gasteiger partial charge in [0, 0.05) is 6.54 Å². The molecule has 1 N–H and O–H groups in total. The Labute approximate surface area is 117 Å². The van der Waals surface area contributed by atoms with Crippen LogP contribution in [0.5, 0.6) is 0 Å². The summed E-state index contributed by atoms with van der Waals surface area (Å²) in [6, 6.07) is 0.870. The fourth-order valence-electron chi connectivity index (χ4n) is 1.89. The summed E-state index contributed by atoms with van der Waals surface area (Å²) in [6.07, 6.45) is 0. The van der Waals surface area contributed by atoms with E-state index in [-0.39, 0.29) is 28.5 Å². The Kier molecular flexibility index (Phi) is 4.82. The number of rotatable bonds is 5. The first kappa shape index (κ1) is 16.5. The van der Waals surface area contributed by atoms with E-state index in [0.29, 0.717) is 0 Å². The highest BCUT2D eigenvalue weighted by Crippen LogP contribution is 2.30. The highest BCUT2D eigenvalue weighted by molar-refractivity contribution is 7.89. The molecular weight excluding hydrogens is 287 g/mol. The second kappa shape index (κ2) is 5.84. The summed E-state index contributed by atoms with van der Waals surface area (Å²) < 4.78 is 40.4. The molecule has 0 amide bonds. The van der Waals surface area contributed by atoms with Crippen molar-refractivity contribution in [2.24, 2.45) is 5.92 Å². The molecule has 0 fully saturated rings. The van der Waals surface area contributed by atoms with Gasteiger partial charge in [0.25, 0.3) is 0 Å². The molecule has 0 aliphatic heterocycles. The summed E-state index contributed by atoms with van der Waals surface area (Å²) in [5.41, 5.74) is -0.855. The number of nitrogens with zero attached hydrogens (tertiary/aromatic N) is 1. The van der Waals surface area contributed by atoms with Crippen LogP contribution in [0.4, 0.5) is 10.1 Å². The monoisotopic (exact) mass is 304 g/mol. The van der Waals surface area contributed by atoms with E-state index in [9.17, 15) is 22.9 Å². The standard InChI is InChI=1S/C12H17FN2O4S/c1-7(2)6-14-20(18,19)12-8(3)5-10(13)11(9(12)4)15(16)17/h5,7,14H,6H2,1-4H3. The molecule has 0 spiro atoms. The van der Waals surface area contributed by atoms with Crippen LogP contribution in [0.25, 0.3) is 0 Å². The molecule has 1 rings (SSSR count). The lowest BCUT2D eigenvalue weighted by molar-refractivity contribution is -0.388. The second-order valence-corrected chi connectivity index (χ2v) is 6.68. The molecule has 8 heteroatoms. The van der Waals surface area contributed by atoms with Crippen LogP contribution in [-0.2, 0) is 10.0 Å². The Hall–Kier alpha value is -1.54. The molecule has 0 unspecified atom stereocenters. The summed E-state index contributed by atoms with van der Waals surface area (Å²) in [5.74, 6) is -0.950. The third-order valence-electron chi connectivity index (χ3n) is 2.76. The van der Waals surface area contributed by atoms with Crippen LogP contribution >= 0.6 is 0 Å². The molecular formula is C12H17FN2O4S. The van der Waals surface area contributed by atoms with E-state index in [1.165, 1.54) is 13.8 Å². The first-order chi connectivity index (χ1) is 9.08. The van der Waals surface area contributed by atoms with E-state index < -0.39 is 26.5 Å². The summed E-state index contributed by atoms with van der Waals surface area (Å²) in [4.78, 5) is 9.71. The van der Waals surface area contributed by atoms with Crippen molar-refractivity contribution in [3.05, 3.63) is 33.1 Å². The molecule has 6 nitrogen and oxygen atoms in total. The lowest BCUT2D eigenvalue weighted by Gasteiger charge is -2.13. The molecule has 0 aromatic heterocycles. The third kappa shape index (κ3) is 3.31. The molecule has 0 saturated carbocycles. The first-order valence-electron chi connectivity index (χ1n) is 6.01. The van der Waals surface area contributed by atoms with Gasteiger partial charge in [0.05, 0.1) is 15.4 Å². The summed E-state index contributed by atoms with van der Waals surface area (Å²) in [6.45, 7) is 6.50. The predicted molar refractivity (Wildman–Crippen MR) is 72.6 cm³/mol. The minimum atomic E-state index is -3.91. The van der Waals surface area contributed by atoms with Gasteiger partial charge >= 0.3 is 5.69 Å². The van der Waals surface area contributed by atoms with Gasteiger partial charge in [-0.2, -0.15) is 4.39 Å². The smallest absolute Gasteiger partial charge is 0.258 e. The van der Waals surface area contributed by atoms with Crippen molar-refractivity contribution in [1.82, 2.24) is 4.72 Å². The van der Waals surface area contributed by atoms with E-state index in [1.807, 2.05) is 13.8 Å². The van der Waals surface area contributed by atoms with E-state index in [4.69, 9.17) is 0 Å². The Balaban J connectivity index is 3.46. The van der Waals surface area contributed by atoms with Crippen molar-refractivity contribution in [2.75, 3.05) is 6.54 Å². The molecule has 1 aromatic carbocycles. The second-order valence-electron chi connectivity index (χ2n) is 4.98. The van der Waals surface area contributed by atoms with Crippen LogP contribution in [0.2, 0.25) is 0 Å². The maximum Gasteiger partial charge on any atom is 0.309 e. The van der Waals surface area contributed by atoms with Crippen molar-refractivity contribution < 1.29 is 17.7 Å². The molecule has 1 aromatic rings. The number of hydrogen-bond donors (Lipinski definition) is 1. The molecule has 0 atom stereocenters. The summed E-state index contributed by atoms with van der Waals surface area (Å²) in [7, 11) is -3.91. The molecule has 0 saturated heterocycles. The Morgan fingerprint density at radius 1 is 1.40 bits per heavy atom. The van der Waals surface area contributed by atoms with Crippen molar-refractivity contribution >= 4 is 15.7 Å². The number of benzene rings is 1. The summed E-state index contributed by atoms with van der Waals surface area (Å²) >= 11 is 0. The van der Waals surface area contributed by atoms with Gasteiger partial charge in [0.2, 0.25) is 15.8 Å². The first-order valence-corrected chi connectivity index (χ1v) is 7.50. The highest BCUT2D eigenvalue weighted by atomic mass is 32.2. The molecule has 0 radical (unpaired) electrons. The fraction of sp³-hybridized carbons (Fsp3) is 0.500. The Bertz CT molecular complexity index is 641. The SMILES string of the molecule is Cc1cc(F)c([N+](=O)[O-])c(C)c1S(=O)(=O)NCC(C)C. The zero-order chi connectivity index (χ0) is 15.7. The van der Waals surface area contributed by atoms with E-state index in [0.717, 1.165) is 6.07 Å². The molecule has 20 heavy (non-hydrogen) atoms. The zero-order valence-corrected chi connectivity index (χ0v) is 12.5. The van der Waals surface area contributed by atoms with Gasteiger partial charge < -0.3 is 0 Å². The number of aryl methyl sites for hydroxylation is 1. The van der Waals surface area contributed by atoms with Crippen molar-refractivity contribution in [1.29, 1.82) is 0 Å². The quantitative estimate of drug-likeness (QED) is 0.667. The number of hydrogen-bond acceptors (Lipinski definition) is 4. The Morgan fingerprint density at radius 3 is 2.40 bits per heavy atom. The van der Waals surface area contributed by atoms with E-state index in [2.05, 4.69) is 4.72 Å². The topological polar surface area (TPSA) is 89.3 Å². The van der Waals surface area contributed by atoms with Gasteiger partial charge in [-0.25, -0.2) is 13.1 Å². The van der Waals surface area contributed by atoms with Crippen molar-refractivity contribution in [3.63, 3.8) is 0 Å². The molecule has 0 bridgehead atoms. The zero-order valence-electron chi connectivity index (χ0n) is 11.7. The van der Waals surface area contributed by atoms with Crippen LogP contribution in [0.3, 0.4) is 0 Å². The van der Waals surface area contributed by atoms with Crippen LogP contribution in [0.1, 0.15) is 25.0 Å². The van der Waals surface area contributed by atoms with E-state index in [1.54, 1.807) is 0 Å². The van der Waals surface area contributed by atoms with Crippen LogP contribution in [0, 0.1) is 35.7 Å². The number of halogens is 1. The number of nitrogens with one attached hydrogen (secondary N) is 1. The maximum absolute atomic E-state index is 13.6. The molecule has 0 aliphatic carbocycles. The minimum absolute atomic E-state index is 0.0841. The predicted octanol–water partition coefficient (Wildman–Crippen LogP) is 2.29. The Morgan fingerprint density at radius 2 is 1.95 bits per heavy atom. The number of nitro benzene ring substituents is 1. The van der Waals surface area contributed by atoms with Gasteiger partial charge in [-0.1, -0.05) is 13.8 Å². The number of nitro groups is 1. The minimum Gasteiger partial charge on any atom is -0.258 e. The number of sulfonamides is 1. The van der Waals surface area contributed by atoms with Gasteiger partial charge in [-0.3, -0.25) is 10.1 Å². The lowest BCUT2D eigenvalue weighted by Crippen LogP contribution is -2.29. The van der Waals surface area contributed by atoms with Gasteiger partial charge in [0.15, 0.2) is 0 Å². The average Bonchev–Trinajstić information content (AvgIpc) is 2.24. The lowest BCUT2D eigenvalue weighted by atomic mass is 10.1. The maximum atomic E-state index is 13.6. The third-order valence-corrected chi connectivity index (χ3v) is 4.47. The van der Waals surface area contributed by atoms with Crippen LogP contribution in [-0.4, -0.2) is 19.9 Å². The van der Waals surface area contributed by atoms with Crippen molar-refractivity contribution in [2.45, 2.75) is 32.6 Å². The molecule has 0 aliphatic rings. The van der Waals surface area contributed by atoms with Crippen LogP contribution < -0.4 is 4.72 Å². The van der Waals surface area contributed by atoms with Gasteiger partial charge in [-0.15, -0.1) is 0 Å². The largest absolute Gasteiger partial charge is 0.309 e. The van der Waals surface area contributed by atoms with Gasteiger partial charge in [0.1, 0.15) is 0 Å². The van der Waals surface area contributed by atoms with E-state index >= 15 is 0 Å².